The molecule has 3 aromatic rings. The summed E-state index contributed by atoms with van der Waals surface area (Å²) in [7, 11) is 0. The number of hydrogen-bond donors (Lipinski definition) is 1. The number of hydrogen-bond acceptors (Lipinski definition) is 6. The molecular weight excluding hydrogens is 388 g/mol. The first-order valence-electron chi connectivity index (χ1n) is 9.36. The van der Waals surface area contributed by atoms with Crippen LogP contribution in [-0.4, -0.2) is 34.1 Å². The molecule has 2 heterocycles. The molecule has 1 N–H and O–H groups in total. The van der Waals surface area contributed by atoms with E-state index in [0.717, 1.165) is 46.7 Å². The molecule has 4 rings (SSSR count). The lowest BCUT2D eigenvalue weighted by atomic mass is 10.1. The molecule has 0 unspecified atom stereocenters. The summed E-state index contributed by atoms with van der Waals surface area (Å²) in [6.07, 6.45) is 2.17. The van der Waals surface area contributed by atoms with Crippen molar-refractivity contribution in [3.05, 3.63) is 65.7 Å². The predicted octanol–water partition coefficient (Wildman–Crippen LogP) is 5.05. The Bertz CT molecular complexity index is 938. The van der Waals surface area contributed by atoms with Gasteiger partial charge in [0.2, 0.25) is 11.0 Å². The van der Waals surface area contributed by atoms with E-state index in [1.807, 2.05) is 47.4 Å². The van der Waals surface area contributed by atoms with Crippen LogP contribution in [-0.2, 0) is 4.79 Å². The molecule has 0 spiro atoms. The summed E-state index contributed by atoms with van der Waals surface area (Å²) in [4.78, 5) is 15.1. The first-order valence-corrected chi connectivity index (χ1v) is 11.1. The summed E-state index contributed by atoms with van der Waals surface area (Å²) in [6, 6.07) is 18.1. The Kier molecular flexibility index (Phi) is 5.92. The molecular formula is C21H22N4OS2. The Morgan fingerprint density at radius 1 is 1.11 bits per heavy atom. The lowest BCUT2D eigenvalue weighted by Crippen LogP contribution is -2.31. The normalized spacial score (nSPS) is 14.8. The minimum atomic E-state index is -0.293. The molecule has 0 aliphatic carbocycles. The molecule has 1 amide bonds. The summed E-state index contributed by atoms with van der Waals surface area (Å²) in [5, 5.41) is 12.3. The number of aromatic nitrogens is 2. The second-order valence-electron chi connectivity index (χ2n) is 6.81. The topological polar surface area (TPSA) is 58.1 Å². The van der Waals surface area contributed by atoms with Crippen molar-refractivity contribution in [1.82, 2.24) is 15.1 Å². The average molecular weight is 411 g/mol. The van der Waals surface area contributed by atoms with Gasteiger partial charge in [0.05, 0.1) is 0 Å². The monoisotopic (exact) mass is 410 g/mol. The Balaban J connectivity index is 1.52. The van der Waals surface area contributed by atoms with Crippen molar-refractivity contribution in [2.24, 2.45) is 0 Å². The first kappa shape index (κ1) is 19.0. The Morgan fingerprint density at radius 3 is 2.64 bits per heavy atom. The average Bonchev–Trinajstić information content (AvgIpc) is 3.39. The summed E-state index contributed by atoms with van der Waals surface area (Å²) in [5.74, 6) is 0.164. The highest BCUT2D eigenvalue weighted by Crippen LogP contribution is 2.40. The quantitative estimate of drug-likeness (QED) is 0.577. The van der Waals surface area contributed by atoms with Crippen LogP contribution in [0.15, 0.2) is 58.9 Å². The molecule has 2 aromatic carbocycles. The zero-order valence-electron chi connectivity index (χ0n) is 15.7. The van der Waals surface area contributed by atoms with E-state index in [-0.39, 0.29) is 11.2 Å². The molecule has 7 heteroatoms. The van der Waals surface area contributed by atoms with Gasteiger partial charge in [0.15, 0.2) is 4.34 Å². The highest BCUT2D eigenvalue weighted by atomic mass is 32.2. The fourth-order valence-electron chi connectivity index (χ4n) is 3.25. The maximum atomic E-state index is 13.1. The SMILES string of the molecule is Cc1cccc(Nc2nnc(S[C@H](C(=O)N3CCCC3)c3ccccc3)s2)c1. The van der Waals surface area contributed by atoms with Crippen molar-refractivity contribution >= 4 is 39.8 Å². The van der Waals surface area contributed by atoms with Gasteiger partial charge in [-0.3, -0.25) is 4.79 Å². The van der Waals surface area contributed by atoms with Crippen LogP contribution in [0.1, 0.15) is 29.2 Å². The molecule has 144 valence electrons. The largest absolute Gasteiger partial charge is 0.341 e. The van der Waals surface area contributed by atoms with Gasteiger partial charge in [0, 0.05) is 18.8 Å². The van der Waals surface area contributed by atoms with Crippen molar-refractivity contribution in [3.63, 3.8) is 0 Å². The number of amides is 1. The Morgan fingerprint density at radius 2 is 1.89 bits per heavy atom. The van der Waals surface area contributed by atoms with Crippen LogP contribution in [0.2, 0.25) is 0 Å². The van der Waals surface area contributed by atoms with E-state index in [0.29, 0.717) is 0 Å². The van der Waals surface area contributed by atoms with Gasteiger partial charge in [0.25, 0.3) is 0 Å². The van der Waals surface area contributed by atoms with E-state index in [1.54, 1.807) is 0 Å². The van der Waals surface area contributed by atoms with Crippen LogP contribution < -0.4 is 5.32 Å². The molecule has 5 nitrogen and oxygen atoms in total. The second-order valence-corrected chi connectivity index (χ2v) is 9.14. The molecule has 1 fully saturated rings. The third-order valence-electron chi connectivity index (χ3n) is 4.64. The van der Waals surface area contributed by atoms with Gasteiger partial charge in [-0.25, -0.2) is 0 Å². The van der Waals surface area contributed by atoms with E-state index < -0.39 is 0 Å². The second kappa shape index (κ2) is 8.75. The molecule has 0 radical (unpaired) electrons. The molecule has 1 aliphatic heterocycles. The van der Waals surface area contributed by atoms with Gasteiger partial charge in [0.1, 0.15) is 5.25 Å². The number of benzene rings is 2. The van der Waals surface area contributed by atoms with Crippen LogP contribution in [0.5, 0.6) is 0 Å². The smallest absolute Gasteiger partial charge is 0.240 e. The lowest BCUT2D eigenvalue weighted by molar-refractivity contribution is -0.129. The number of carbonyl (C=O) groups is 1. The van der Waals surface area contributed by atoms with E-state index in [2.05, 4.69) is 34.6 Å². The van der Waals surface area contributed by atoms with Crippen LogP contribution in [0.25, 0.3) is 0 Å². The van der Waals surface area contributed by atoms with E-state index in [1.165, 1.54) is 28.7 Å². The molecule has 1 atom stereocenters. The molecule has 1 saturated heterocycles. The van der Waals surface area contributed by atoms with Crippen LogP contribution >= 0.6 is 23.1 Å². The minimum absolute atomic E-state index is 0.164. The molecule has 1 aliphatic rings. The van der Waals surface area contributed by atoms with Gasteiger partial charge in [-0.1, -0.05) is 65.6 Å². The molecule has 1 aromatic heterocycles. The summed E-state index contributed by atoms with van der Waals surface area (Å²) in [5.41, 5.74) is 3.18. The van der Waals surface area contributed by atoms with Crippen LogP contribution in [0, 0.1) is 6.92 Å². The molecule has 0 bridgehead atoms. The van der Waals surface area contributed by atoms with Gasteiger partial charge in [-0.05, 0) is 43.0 Å². The predicted molar refractivity (Wildman–Crippen MR) is 115 cm³/mol. The molecule has 28 heavy (non-hydrogen) atoms. The maximum Gasteiger partial charge on any atom is 0.240 e. The van der Waals surface area contributed by atoms with Crippen molar-refractivity contribution in [3.8, 4) is 0 Å². The third kappa shape index (κ3) is 4.54. The van der Waals surface area contributed by atoms with Gasteiger partial charge in [-0.2, -0.15) is 0 Å². The third-order valence-corrected chi connectivity index (χ3v) is 6.80. The Labute approximate surface area is 173 Å². The minimum Gasteiger partial charge on any atom is -0.341 e. The fraction of sp³-hybridized carbons (Fsp3) is 0.286. The van der Waals surface area contributed by atoms with Gasteiger partial charge in [-0.15, -0.1) is 10.2 Å². The molecule has 0 saturated carbocycles. The van der Waals surface area contributed by atoms with Gasteiger partial charge >= 0.3 is 0 Å². The highest BCUT2D eigenvalue weighted by molar-refractivity contribution is 8.01. The lowest BCUT2D eigenvalue weighted by Gasteiger charge is -2.22. The van der Waals surface area contributed by atoms with E-state index in [4.69, 9.17) is 0 Å². The first-order chi connectivity index (χ1) is 13.7. The summed E-state index contributed by atoms with van der Waals surface area (Å²) in [6.45, 7) is 3.75. The number of likely N-dealkylation sites (tertiary alicyclic amines) is 1. The zero-order chi connectivity index (χ0) is 19.3. The van der Waals surface area contributed by atoms with Crippen LogP contribution in [0.4, 0.5) is 10.8 Å². The number of thioether (sulfide) groups is 1. The van der Waals surface area contributed by atoms with Crippen molar-refractivity contribution in [2.45, 2.75) is 29.4 Å². The standard InChI is InChI=1S/C21H22N4OS2/c1-15-8-7-11-17(14-15)22-20-23-24-21(28-20)27-18(16-9-3-2-4-10-16)19(26)25-12-5-6-13-25/h2-4,7-11,14,18H,5-6,12-13H2,1H3,(H,22,23)/t18-/m0/s1. The van der Waals surface area contributed by atoms with Crippen molar-refractivity contribution in [1.29, 1.82) is 0 Å². The maximum absolute atomic E-state index is 13.1. The Hall–Kier alpha value is -2.38. The van der Waals surface area contributed by atoms with Crippen molar-refractivity contribution < 1.29 is 4.79 Å². The number of nitrogens with one attached hydrogen (secondary N) is 1. The number of aryl methyl sites for hydroxylation is 1. The van der Waals surface area contributed by atoms with Crippen LogP contribution in [0.3, 0.4) is 0 Å². The van der Waals surface area contributed by atoms with Crippen molar-refractivity contribution in [2.75, 3.05) is 18.4 Å². The number of anilines is 2. The summed E-state index contributed by atoms with van der Waals surface area (Å²) >= 11 is 2.96. The highest BCUT2D eigenvalue weighted by Gasteiger charge is 2.29. The van der Waals surface area contributed by atoms with E-state index in [9.17, 15) is 4.79 Å². The number of rotatable bonds is 6. The number of nitrogens with zero attached hydrogens (tertiary/aromatic N) is 3. The zero-order valence-corrected chi connectivity index (χ0v) is 17.3. The summed E-state index contributed by atoms with van der Waals surface area (Å²) < 4.78 is 0.788. The van der Waals surface area contributed by atoms with Gasteiger partial charge < -0.3 is 10.2 Å². The number of carbonyl (C=O) groups excluding carboxylic acids is 1. The fourth-order valence-corrected chi connectivity index (χ4v) is 5.30. The van der Waals surface area contributed by atoms with E-state index >= 15 is 0 Å².